The van der Waals surface area contributed by atoms with E-state index in [4.69, 9.17) is 4.74 Å². The Balaban J connectivity index is 1.96. The van der Waals surface area contributed by atoms with Crippen molar-refractivity contribution in [2.75, 3.05) is 13.1 Å². The molecule has 0 unspecified atom stereocenters. The number of carbonyl (C=O) groups is 1. The fourth-order valence-corrected chi connectivity index (χ4v) is 2.50. The summed E-state index contributed by atoms with van der Waals surface area (Å²) in [4.78, 5) is 12.7. The summed E-state index contributed by atoms with van der Waals surface area (Å²) in [5.74, 6) is -7.87. The molecule has 104 valence electrons. The Labute approximate surface area is 102 Å². The van der Waals surface area contributed by atoms with E-state index >= 15 is 0 Å². The number of likely N-dealkylation sites (tertiary alicyclic amines) is 1. The quantitative estimate of drug-likeness (QED) is 0.685. The molecule has 0 radical (unpaired) electrons. The van der Waals surface area contributed by atoms with Gasteiger partial charge in [0.25, 0.3) is 0 Å². The first-order valence-electron chi connectivity index (χ1n) is 5.87. The zero-order valence-electron chi connectivity index (χ0n) is 10.2. The van der Waals surface area contributed by atoms with Gasteiger partial charge in [0, 0.05) is 13.1 Å². The van der Waals surface area contributed by atoms with Crippen molar-refractivity contribution in [2.24, 2.45) is 5.41 Å². The molecule has 0 aromatic carbocycles. The van der Waals surface area contributed by atoms with Gasteiger partial charge in [-0.15, -0.1) is 0 Å². The molecule has 0 atom stereocenters. The highest BCUT2D eigenvalue weighted by Gasteiger charge is 2.95. The van der Waals surface area contributed by atoms with Gasteiger partial charge in [0.15, 0.2) is 0 Å². The molecule has 2 rings (SSSR count). The summed E-state index contributed by atoms with van der Waals surface area (Å²) in [6, 6.07) is 0. The third-order valence-electron chi connectivity index (χ3n) is 3.75. The lowest BCUT2D eigenvalue weighted by molar-refractivity contribution is -0.0278. The van der Waals surface area contributed by atoms with Crippen LogP contribution in [-0.2, 0) is 4.74 Å². The predicted octanol–water partition coefficient (Wildman–Crippen LogP) is 2.90. The summed E-state index contributed by atoms with van der Waals surface area (Å²) in [6.07, 6.45) is -1.73. The topological polar surface area (TPSA) is 29.5 Å². The second-order valence-electron chi connectivity index (χ2n) is 5.15. The van der Waals surface area contributed by atoms with Crippen molar-refractivity contribution in [2.45, 2.75) is 44.6 Å². The van der Waals surface area contributed by atoms with E-state index in [9.17, 15) is 22.4 Å². The van der Waals surface area contributed by atoms with Gasteiger partial charge in [-0.2, -0.15) is 17.6 Å². The first-order chi connectivity index (χ1) is 8.16. The van der Waals surface area contributed by atoms with Gasteiger partial charge >= 0.3 is 17.9 Å². The summed E-state index contributed by atoms with van der Waals surface area (Å²) in [6.45, 7) is 3.09. The number of ether oxygens (including phenoxy) is 1. The van der Waals surface area contributed by atoms with E-state index in [1.165, 1.54) is 4.90 Å². The average Bonchev–Trinajstić information content (AvgIpc) is 2.57. The number of piperidine rings is 1. The first-order valence-corrected chi connectivity index (χ1v) is 5.87. The monoisotopic (exact) mass is 269 g/mol. The van der Waals surface area contributed by atoms with Crippen LogP contribution in [0.2, 0.25) is 0 Å². The fourth-order valence-electron chi connectivity index (χ4n) is 2.50. The maximum Gasteiger partial charge on any atom is 0.410 e. The van der Waals surface area contributed by atoms with E-state index in [2.05, 4.69) is 0 Å². The molecule has 2 fully saturated rings. The van der Waals surface area contributed by atoms with E-state index in [-0.39, 0.29) is 32.0 Å². The van der Waals surface area contributed by atoms with E-state index < -0.39 is 23.4 Å². The molecule has 1 spiro atoms. The fraction of sp³-hybridized carbons (Fsp3) is 0.909. The minimum Gasteiger partial charge on any atom is -0.447 e. The summed E-state index contributed by atoms with van der Waals surface area (Å²) in [5, 5.41) is 0. The lowest BCUT2D eigenvalue weighted by atomic mass is 9.92. The average molecular weight is 269 g/mol. The van der Waals surface area contributed by atoms with Crippen LogP contribution in [0.3, 0.4) is 0 Å². The van der Waals surface area contributed by atoms with E-state index in [0.29, 0.717) is 0 Å². The van der Waals surface area contributed by atoms with Crippen LogP contribution < -0.4 is 0 Å². The maximum atomic E-state index is 13.1. The minimum atomic E-state index is -3.94. The van der Waals surface area contributed by atoms with Crippen molar-refractivity contribution in [1.82, 2.24) is 4.90 Å². The summed E-state index contributed by atoms with van der Waals surface area (Å²) in [7, 11) is 0. The van der Waals surface area contributed by atoms with E-state index in [0.717, 1.165) is 0 Å². The van der Waals surface area contributed by atoms with Crippen molar-refractivity contribution in [3.8, 4) is 0 Å². The second-order valence-corrected chi connectivity index (χ2v) is 5.15. The van der Waals surface area contributed by atoms with E-state index in [1.807, 2.05) is 0 Å². The summed E-state index contributed by atoms with van der Waals surface area (Å²) < 4.78 is 57.3. The van der Waals surface area contributed by atoms with Gasteiger partial charge in [0.05, 0.1) is 6.10 Å². The number of nitrogens with zero attached hydrogens (tertiary/aromatic N) is 1. The van der Waals surface area contributed by atoms with Gasteiger partial charge in [0.2, 0.25) is 0 Å². The third kappa shape index (κ3) is 1.52. The maximum absolute atomic E-state index is 13.1. The molecule has 1 heterocycles. The number of amides is 1. The number of hydrogen-bond donors (Lipinski definition) is 0. The van der Waals surface area contributed by atoms with E-state index in [1.54, 1.807) is 13.8 Å². The SMILES string of the molecule is CC(C)OC(=O)N1CCC2(CC1)C(F)(F)C2(F)F. The molecule has 1 saturated carbocycles. The number of alkyl halides is 4. The van der Waals surface area contributed by atoms with Gasteiger partial charge in [-0.25, -0.2) is 4.79 Å². The van der Waals surface area contributed by atoms with Gasteiger partial charge in [0.1, 0.15) is 5.41 Å². The molecule has 3 nitrogen and oxygen atoms in total. The molecule has 1 aliphatic heterocycles. The third-order valence-corrected chi connectivity index (χ3v) is 3.75. The Kier molecular flexibility index (Phi) is 2.79. The molecule has 1 aliphatic carbocycles. The first kappa shape index (κ1) is 13.4. The minimum absolute atomic E-state index is 0.114. The Morgan fingerprint density at radius 1 is 1.11 bits per heavy atom. The van der Waals surface area contributed by atoms with Crippen LogP contribution in [0.15, 0.2) is 0 Å². The molecule has 7 heteroatoms. The second kappa shape index (κ2) is 3.74. The highest BCUT2D eigenvalue weighted by molar-refractivity contribution is 5.68. The molecule has 0 bridgehead atoms. The molecule has 0 N–H and O–H groups in total. The van der Waals surface area contributed by atoms with Crippen LogP contribution in [0.5, 0.6) is 0 Å². The van der Waals surface area contributed by atoms with Gasteiger partial charge < -0.3 is 9.64 Å². The predicted molar refractivity (Wildman–Crippen MR) is 54.8 cm³/mol. The molecule has 18 heavy (non-hydrogen) atoms. The van der Waals surface area contributed by atoms with Gasteiger partial charge in [-0.05, 0) is 26.7 Å². The lowest BCUT2D eigenvalue weighted by Crippen LogP contribution is -2.42. The number of hydrogen-bond acceptors (Lipinski definition) is 2. The number of halogens is 4. The van der Waals surface area contributed by atoms with Gasteiger partial charge in [-0.3, -0.25) is 0 Å². The summed E-state index contributed by atoms with van der Waals surface area (Å²) in [5.41, 5.74) is -2.24. The van der Waals surface area contributed by atoms with Crippen LogP contribution in [0, 0.1) is 5.41 Å². The molecule has 1 amide bonds. The van der Waals surface area contributed by atoms with Crippen molar-refractivity contribution in [1.29, 1.82) is 0 Å². The number of carbonyl (C=O) groups excluding carboxylic acids is 1. The molecular formula is C11H15F4NO2. The zero-order chi connectivity index (χ0) is 13.8. The molecule has 0 aromatic heterocycles. The molecule has 0 aromatic rings. The van der Waals surface area contributed by atoms with Crippen LogP contribution >= 0.6 is 0 Å². The highest BCUT2D eigenvalue weighted by Crippen LogP contribution is 2.76. The van der Waals surface area contributed by atoms with Crippen LogP contribution in [0.25, 0.3) is 0 Å². The lowest BCUT2D eigenvalue weighted by Gasteiger charge is -2.31. The van der Waals surface area contributed by atoms with Crippen LogP contribution in [0.4, 0.5) is 22.4 Å². The largest absolute Gasteiger partial charge is 0.447 e. The zero-order valence-corrected chi connectivity index (χ0v) is 10.2. The smallest absolute Gasteiger partial charge is 0.410 e. The Morgan fingerprint density at radius 2 is 1.56 bits per heavy atom. The molecular weight excluding hydrogens is 254 g/mol. The van der Waals surface area contributed by atoms with Crippen molar-refractivity contribution in [3.63, 3.8) is 0 Å². The van der Waals surface area contributed by atoms with Crippen molar-refractivity contribution in [3.05, 3.63) is 0 Å². The van der Waals surface area contributed by atoms with Gasteiger partial charge in [-0.1, -0.05) is 0 Å². The normalized spacial score (nSPS) is 27.4. The van der Waals surface area contributed by atoms with Crippen molar-refractivity contribution >= 4 is 6.09 Å². The molecule has 2 aliphatic rings. The Morgan fingerprint density at radius 3 is 1.89 bits per heavy atom. The van der Waals surface area contributed by atoms with Crippen molar-refractivity contribution < 1.29 is 27.1 Å². The Hall–Kier alpha value is -1.01. The summed E-state index contributed by atoms with van der Waals surface area (Å²) >= 11 is 0. The molecule has 1 saturated heterocycles. The highest BCUT2D eigenvalue weighted by atomic mass is 19.3. The Bertz CT molecular complexity index is 346. The van der Waals surface area contributed by atoms with Crippen LogP contribution in [-0.4, -0.2) is 42.0 Å². The van der Waals surface area contributed by atoms with Crippen LogP contribution in [0.1, 0.15) is 26.7 Å². The standard InChI is InChI=1S/C11H15F4NO2/c1-7(2)18-8(17)16-5-3-9(4-6-16)10(12,13)11(9,14)15/h7H,3-6H2,1-2H3. The number of rotatable bonds is 1.